The smallest absolute Gasteiger partial charge is 0.328 e. The maximum absolute atomic E-state index is 13.5. The average molecular weight is 270 g/mol. The Hall–Kier alpha value is -1.98. The zero-order valence-electron chi connectivity index (χ0n) is 11.3. The molecule has 1 aromatic carbocycles. The van der Waals surface area contributed by atoms with Crippen molar-refractivity contribution in [3.05, 3.63) is 17.9 Å². The summed E-state index contributed by atoms with van der Waals surface area (Å²) in [5.74, 6) is -0.840. The number of hydrogen-bond acceptors (Lipinski definition) is 5. The summed E-state index contributed by atoms with van der Waals surface area (Å²) in [6.07, 6.45) is 0. The van der Waals surface area contributed by atoms with E-state index >= 15 is 0 Å². The van der Waals surface area contributed by atoms with E-state index in [1.807, 2.05) is 0 Å². The Morgan fingerprint density at radius 2 is 2.11 bits per heavy atom. The van der Waals surface area contributed by atoms with Gasteiger partial charge in [0, 0.05) is 12.1 Å². The third kappa shape index (κ3) is 4.01. The molecule has 0 aromatic heterocycles. The van der Waals surface area contributed by atoms with Crippen LogP contribution in [-0.2, 0) is 9.53 Å². The molecule has 0 bridgehead atoms. The third-order valence-corrected chi connectivity index (χ3v) is 2.42. The van der Waals surface area contributed by atoms with Gasteiger partial charge in [0.1, 0.15) is 6.04 Å². The first-order chi connectivity index (χ1) is 8.99. The summed E-state index contributed by atoms with van der Waals surface area (Å²) < 4.78 is 23.5. The summed E-state index contributed by atoms with van der Waals surface area (Å²) in [5, 5.41) is 2.87. The number of rotatable bonds is 6. The molecular formula is C13H19FN2O3. The Morgan fingerprint density at radius 1 is 1.42 bits per heavy atom. The monoisotopic (exact) mass is 270 g/mol. The van der Waals surface area contributed by atoms with Crippen LogP contribution < -0.4 is 15.8 Å². The first-order valence-electron chi connectivity index (χ1n) is 6.14. The minimum absolute atomic E-state index is 0.0928. The maximum Gasteiger partial charge on any atom is 0.328 e. The first-order valence-corrected chi connectivity index (χ1v) is 6.14. The number of nitrogen functional groups attached to an aromatic ring is 1. The molecule has 106 valence electrons. The highest BCUT2D eigenvalue weighted by atomic mass is 19.1. The molecule has 6 heteroatoms. The molecule has 0 aliphatic heterocycles. The lowest BCUT2D eigenvalue weighted by molar-refractivity contribution is -0.143. The molecule has 0 spiro atoms. The molecule has 3 N–H and O–H groups in total. The van der Waals surface area contributed by atoms with Crippen molar-refractivity contribution in [3.8, 4) is 5.75 Å². The van der Waals surface area contributed by atoms with Gasteiger partial charge in [-0.05, 0) is 20.8 Å². The lowest BCUT2D eigenvalue weighted by Gasteiger charge is -2.16. The van der Waals surface area contributed by atoms with Gasteiger partial charge in [0.25, 0.3) is 0 Å². The largest absolute Gasteiger partial charge is 0.491 e. The summed E-state index contributed by atoms with van der Waals surface area (Å²) in [6.45, 7) is 5.76. The van der Waals surface area contributed by atoms with E-state index < -0.39 is 17.8 Å². The molecule has 0 amide bonds. The van der Waals surface area contributed by atoms with Gasteiger partial charge in [-0.2, -0.15) is 0 Å². The van der Waals surface area contributed by atoms with Crippen LogP contribution in [0.25, 0.3) is 0 Å². The van der Waals surface area contributed by atoms with Gasteiger partial charge >= 0.3 is 5.97 Å². The predicted octanol–water partition coefficient (Wildman–Crippen LogP) is 2.17. The van der Waals surface area contributed by atoms with E-state index in [-0.39, 0.29) is 11.4 Å². The number of benzene rings is 1. The van der Waals surface area contributed by atoms with Crippen molar-refractivity contribution in [2.24, 2.45) is 0 Å². The number of anilines is 2. The van der Waals surface area contributed by atoms with Crippen LogP contribution in [0.3, 0.4) is 0 Å². The number of halogens is 1. The number of carbonyl (C=O) groups excluding carboxylic acids is 1. The van der Waals surface area contributed by atoms with E-state index in [9.17, 15) is 9.18 Å². The summed E-state index contributed by atoms with van der Waals surface area (Å²) in [7, 11) is 0. The minimum Gasteiger partial charge on any atom is -0.491 e. The number of nitrogens with one attached hydrogen (secondary N) is 1. The lowest BCUT2D eigenvalue weighted by atomic mass is 10.2. The van der Waals surface area contributed by atoms with Crippen molar-refractivity contribution in [2.45, 2.75) is 26.8 Å². The quantitative estimate of drug-likeness (QED) is 0.612. The first kappa shape index (κ1) is 15.1. The highest BCUT2D eigenvalue weighted by molar-refractivity contribution is 5.81. The summed E-state index contributed by atoms with van der Waals surface area (Å²) >= 11 is 0. The van der Waals surface area contributed by atoms with Gasteiger partial charge in [-0.3, -0.25) is 0 Å². The highest BCUT2D eigenvalue weighted by Crippen LogP contribution is 2.28. The summed E-state index contributed by atoms with van der Waals surface area (Å²) in [4.78, 5) is 11.5. The molecule has 0 heterocycles. The van der Waals surface area contributed by atoms with Crippen LogP contribution >= 0.6 is 0 Å². The zero-order valence-corrected chi connectivity index (χ0v) is 11.3. The van der Waals surface area contributed by atoms with E-state index in [2.05, 4.69) is 5.32 Å². The van der Waals surface area contributed by atoms with Gasteiger partial charge in [-0.15, -0.1) is 0 Å². The van der Waals surface area contributed by atoms with Gasteiger partial charge in [0.05, 0.1) is 24.6 Å². The molecule has 0 radical (unpaired) electrons. The second-order valence-electron chi connectivity index (χ2n) is 3.92. The number of carbonyl (C=O) groups is 1. The molecular weight excluding hydrogens is 251 g/mol. The van der Waals surface area contributed by atoms with Crippen LogP contribution in [0.2, 0.25) is 0 Å². The fourth-order valence-corrected chi connectivity index (χ4v) is 1.52. The van der Waals surface area contributed by atoms with Crippen LogP contribution in [0.4, 0.5) is 15.8 Å². The maximum atomic E-state index is 13.5. The van der Waals surface area contributed by atoms with Crippen molar-refractivity contribution in [1.29, 1.82) is 0 Å². The molecule has 0 saturated heterocycles. The van der Waals surface area contributed by atoms with Gasteiger partial charge in [-0.1, -0.05) is 0 Å². The van der Waals surface area contributed by atoms with Gasteiger partial charge in [0.15, 0.2) is 11.6 Å². The SMILES string of the molecule is CCOC(=O)C(C)Nc1cc(OCC)c(F)cc1N. The Balaban J connectivity index is 2.88. The van der Waals surface area contributed by atoms with Gasteiger partial charge in [0.2, 0.25) is 0 Å². The minimum atomic E-state index is -0.581. The molecule has 1 aromatic rings. The Labute approximate surface area is 111 Å². The highest BCUT2D eigenvalue weighted by Gasteiger charge is 2.16. The molecule has 0 fully saturated rings. The number of esters is 1. The molecule has 1 atom stereocenters. The molecule has 0 aliphatic rings. The van der Waals surface area contributed by atoms with Crippen molar-refractivity contribution in [3.63, 3.8) is 0 Å². The summed E-state index contributed by atoms with van der Waals surface area (Å²) in [6, 6.07) is 2.01. The molecule has 5 nitrogen and oxygen atoms in total. The van der Waals surface area contributed by atoms with Crippen molar-refractivity contribution in [1.82, 2.24) is 0 Å². The zero-order chi connectivity index (χ0) is 14.4. The third-order valence-electron chi connectivity index (χ3n) is 2.42. The van der Waals surface area contributed by atoms with Crippen molar-refractivity contribution < 1.29 is 18.7 Å². The molecule has 19 heavy (non-hydrogen) atoms. The standard InChI is InChI=1S/C13H19FN2O3/c1-4-18-12-7-11(10(15)6-9(12)14)16-8(3)13(17)19-5-2/h6-8,16H,4-5,15H2,1-3H3. The Morgan fingerprint density at radius 3 is 2.68 bits per heavy atom. The average Bonchev–Trinajstić information content (AvgIpc) is 2.35. The number of nitrogens with two attached hydrogens (primary N) is 1. The normalized spacial score (nSPS) is 11.8. The van der Waals surface area contributed by atoms with Crippen LogP contribution in [0.15, 0.2) is 12.1 Å². The second-order valence-corrected chi connectivity index (χ2v) is 3.92. The van der Waals surface area contributed by atoms with Crippen molar-refractivity contribution >= 4 is 17.3 Å². The molecule has 1 unspecified atom stereocenters. The van der Waals surface area contributed by atoms with Crippen LogP contribution in [0.5, 0.6) is 5.75 Å². The lowest BCUT2D eigenvalue weighted by Crippen LogP contribution is -2.28. The van der Waals surface area contributed by atoms with Gasteiger partial charge < -0.3 is 20.5 Å². The van der Waals surface area contributed by atoms with Gasteiger partial charge in [-0.25, -0.2) is 9.18 Å². The number of ether oxygens (including phenoxy) is 2. The van der Waals surface area contributed by atoms with E-state index in [1.165, 1.54) is 6.07 Å². The Bertz CT molecular complexity index is 452. The summed E-state index contributed by atoms with van der Waals surface area (Å²) in [5.41, 5.74) is 6.34. The second kappa shape index (κ2) is 6.82. The van der Waals surface area contributed by atoms with Crippen LogP contribution in [-0.4, -0.2) is 25.2 Å². The van der Waals surface area contributed by atoms with E-state index in [4.69, 9.17) is 15.2 Å². The Kier molecular flexibility index (Phi) is 5.41. The number of hydrogen-bond donors (Lipinski definition) is 2. The topological polar surface area (TPSA) is 73.6 Å². The molecule has 1 rings (SSSR count). The fourth-order valence-electron chi connectivity index (χ4n) is 1.52. The van der Waals surface area contributed by atoms with Crippen LogP contribution in [0, 0.1) is 5.82 Å². The molecule has 0 aliphatic carbocycles. The predicted molar refractivity (Wildman–Crippen MR) is 71.7 cm³/mol. The van der Waals surface area contributed by atoms with E-state index in [0.717, 1.165) is 6.07 Å². The molecule has 0 saturated carbocycles. The van der Waals surface area contributed by atoms with Crippen molar-refractivity contribution in [2.75, 3.05) is 24.3 Å². The van der Waals surface area contributed by atoms with Crippen LogP contribution in [0.1, 0.15) is 20.8 Å². The van der Waals surface area contributed by atoms with E-state index in [0.29, 0.717) is 18.9 Å². The fraction of sp³-hybridized carbons (Fsp3) is 0.462. The van der Waals surface area contributed by atoms with E-state index in [1.54, 1.807) is 20.8 Å².